The lowest BCUT2D eigenvalue weighted by Crippen LogP contribution is -2.41. The second-order valence-electron chi connectivity index (χ2n) is 7.51. The number of rotatable bonds is 6. The number of benzene rings is 1. The van der Waals surface area contributed by atoms with E-state index in [0.29, 0.717) is 24.1 Å². The van der Waals surface area contributed by atoms with Gasteiger partial charge >= 0.3 is 0 Å². The Kier molecular flexibility index (Phi) is 5.61. The van der Waals surface area contributed by atoms with Crippen LogP contribution in [0.15, 0.2) is 24.3 Å². The Morgan fingerprint density at radius 2 is 1.76 bits per heavy atom. The van der Waals surface area contributed by atoms with E-state index in [-0.39, 0.29) is 17.7 Å². The molecule has 1 saturated heterocycles. The molecule has 5 nitrogen and oxygen atoms in total. The maximum Gasteiger partial charge on any atom is 0.251 e. The first-order valence-corrected chi connectivity index (χ1v) is 9.35. The van der Waals surface area contributed by atoms with Crippen LogP contribution >= 0.6 is 0 Å². The summed E-state index contributed by atoms with van der Waals surface area (Å²) in [4.78, 5) is 25.9. The Morgan fingerprint density at radius 3 is 2.32 bits per heavy atom. The summed E-state index contributed by atoms with van der Waals surface area (Å²) in [5, 5.41) is 2.98. The molecule has 2 aliphatic rings. The van der Waals surface area contributed by atoms with Gasteiger partial charge in [0, 0.05) is 30.6 Å². The van der Waals surface area contributed by atoms with Crippen LogP contribution in [0.1, 0.15) is 49.9 Å². The molecule has 3 rings (SSSR count). The van der Waals surface area contributed by atoms with Crippen LogP contribution in [0.5, 0.6) is 5.75 Å². The van der Waals surface area contributed by atoms with Crippen molar-refractivity contribution < 1.29 is 14.3 Å². The summed E-state index contributed by atoms with van der Waals surface area (Å²) in [7, 11) is 0. The minimum atomic E-state index is -0.00348. The topological polar surface area (TPSA) is 58.6 Å². The van der Waals surface area contributed by atoms with Gasteiger partial charge in [-0.1, -0.05) is 13.8 Å². The third-order valence-electron chi connectivity index (χ3n) is 4.93. The summed E-state index contributed by atoms with van der Waals surface area (Å²) in [5.74, 6) is 1.59. The molecule has 1 aliphatic carbocycles. The first-order valence-electron chi connectivity index (χ1n) is 9.35. The van der Waals surface area contributed by atoms with Crippen LogP contribution in [0, 0.1) is 11.8 Å². The van der Waals surface area contributed by atoms with E-state index in [2.05, 4.69) is 5.32 Å². The van der Waals surface area contributed by atoms with Crippen molar-refractivity contribution in [3.8, 4) is 5.75 Å². The van der Waals surface area contributed by atoms with E-state index in [1.807, 2.05) is 43.0 Å². The Labute approximate surface area is 149 Å². The fraction of sp³-hybridized carbons (Fsp3) is 0.600. The zero-order chi connectivity index (χ0) is 17.8. The van der Waals surface area contributed by atoms with E-state index in [1.54, 1.807) is 0 Å². The molecule has 0 radical (unpaired) electrons. The average Bonchev–Trinajstić information content (AvgIpc) is 3.44. The molecule has 0 unspecified atom stereocenters. The molecule has 2 amide bonds. The van der Waals surface area contributed by atoms with E-state index in [4.69, 9.17) is 4.74 Å². The summed E-state index contributed by atoms with van der Waals surface area (Å²) < 4.78 is 5.88. The van der Waals surface area contributed by atoms with E-state index < -0.39 is 0 Å². The Balaban J connectivity index is 1.41. The van der Waals surface area contributed by atoms with Gasteiger partial charge in [-0.3, -0.25) is 9.59 Å². The molecule has 136 valence electrons. The lowest BCUT2D eigenvalue weighted by molar-refractivity contribution is -0.136. The monoisotopic (exact) mass is 344 g/mol. The maximum absolute atomic E-state index is 12.0. The van der Waals surface area contributed by atoms with Crippen LogP contribution in [0.4, 0.5) is 0 Å². The van der Waals surface area contributed by atoms with Gasteiger partial charge in [0.2, 0.25) is 5.91 Å². The lowest BCUT2D eigenvalue weighted by Gasteiger charge is -2.33. The van der Waals surface area contributed by atoms with Crippen molar-refractivity contribution >= 4 is 11.8 Å². The van der Waals surface area contributed by atoms with E-state index in [0.717, 1.165) is 44.5 Å². The Bertz CT molecular complexity index is 600. The van der Waals surface area contributed by atoms with Crippen molar-refractivity contribution in [1.29, 1.82) is 0 Å². The van der Waals surface area contributed by atoms with Gasteiger partial charge < -0.3 is 15.0 Å². The van der Waals surface area contributed by atoms with Crippen molar-refractivity contribution in [1.82, 2.24) is 10.2 Å². The molecule has 1 aromatic carbocycles. The van der Waals surface area contributed by atoms with E-state index in [9.17, 15) is 9.59 Å². The molecular formula is C20H28N2O3. The number of nitrogens with one attached hydrogen (secondary N) is 1. The highest BCUT2D eigenvalue weighted by atomic mass is 16.5. The molecule has 0 bridgehead atoms. The minimum absolute atomic E-state index is 0.00348. The van der Waals surface area contributed by atoms with Gasteiger partial charge in [-0.15, -0.1) is 0 Å². The number of hydrogen-bond donors (Lipinski definition) is 1. The number of likely N-dealkylation sites (tertiary alicyclic amines) is 1. The van der Waals surface area contributed by atoms with Gasteiger partial charge in [0.05, 0.1) is 6.61 Å². The number of carbonyl (C=O) groups excluding carboxylic acids is 2. The molecule has 1 saturated carbocycles. The number of nitrogens with zero attached hydrogens (tertiary/aromatic N) is 1. The number of amides is 2. The molecular weight excluding hydrogens is 316 g/mol. The largest absolute Gasteiger partial charge is 0.493 e. The summed E-state index contributed by atoms with van der Waals surface area (Å²) >= 11 is 0. The zero-order valence-electron chi connectivity index (χ0n) is 15.2. The van der Waals surface area contributed by atoms with Crippen LogP contribution in [-0.4, -0.2) is 42.5 Å². The molecule has 25 heavy (non-hydrogen) atoms. The highest BCUT2D eigenvalue weighted by Crippen LogP contribution is 2.22. The zero-order valence-corrected chi connectivity index (χ0v) is 15.2. The third kappa shape index (κ3) is 4.97. The van der Waals surface area contributed by atoms with Crippen LogP contribution in [0.3, 0.4) is 0 Å². The van der Waals surface area contributed by atoms with Crippen molar-refractivity contribution in [3.05, 3.63) is 29.8 Å². The van der Waals surface area contributed by atoms with Gasteiger partial charge in [-0.2, -0.15) is 0 Å². The number of piperidine rings is 1. The molecule has 5 heteroatoms. The van der Waals surface area contributed by atoms with Crippen molar-refractivity contribution in [2.24, 2.45) is 11.8 Å². The normalized spacial score (nSPS) is 18.3. The van der Waals surface area contributed by atoms with E-state index >= 15 is 0 Å². The lowest BCUT2D eigenvalue weighted by atomic mass is 9.97. The maximum atomic E-state index is 12.0. The molecule has 2 fully saturated rings. The van der Waals surface area contributed by atoms with Crippen molar-refractivity contribution in [3.63, 3.8) is 0 Å². The van der Waals surface area contributed by atoms with Gasteiger partial charge in [0.1, 0.15) is 5.75 Å². The van der Waals surface area contributed by atoms with Crippen LogP contribution in [0.25, 0.3) is 0 Å². The van der Waals surface area contributed by atoms with Gasteiger partial charge in [-0.05, 0) is 55.9 Å². The predicted molar refractivity (Wildman–Crippen MR) is 96.6 cm³/mol. The van der Waals surface area contributed by atoms with Gasteiger partial charge in [-0.25, -0.2) is 0 Å². The van der Waals surface area contributed by atoms with E-state index in [1.165, 1.54) is 0 Å². The molecule has 1 aromatic rings. The van der Waals surface area contributed by atoms with Crippen molar-refractivity contribution in [2.75, 3.05) is 19.7 Å². The first-order chi connectivity index (χ1) is 12.0. The second kappa shape index (κ2) is 7.89. The third-order valence-corrected chi connectivity index (χ3v) is 4.93. The minimum Gasteiger partial charge on any atom is -0.493 e. The molecule has 1 N–H and O–H groups in total. The summed E-state index contributed by atoms with van der Waals surface area (Å²) in [6.45, 7) is 6.21. The molecule has 1 aliphatic heterocycles. The highest BCUT2D eigenvalue weighted by Gasteiger charge is 2.25. The number of carbonyl (C=O) groups is 2. The quantitative estimate of drug-likeness (QED) is 0.863. The molecule has 0 aromatic heterocycles. The van der Waals surface area contributed by atoms with Crippen LogP contribution in [0.2, 0.25) is 0 Å². The highest BCUT2D eigenvalue weighted by molar-refractivity contribution is 5.94. The average molecular weight is 344 g/mol. The summed E-state index contributed by atoms with van der Waals surface area (Å²) in [6.07, 6.45) is 4.16. The predicted octanol–water partition coefficient (Wildman–Crippen LogP) is 2.85. The fourth-order valence-corrected chi connectivity index (χ4v) is 3.10. The SMILES string of the molecule is CC(C)C(=O)N1CCC(COc2ccc(C(=O)NC3CC3)cc2)CC1. The van der Waals surface area contributed by atoms with Gasteiger partial charge in [0.25, 0.3) is 5.91 Å². The standard InChI is InChI=1S/C20H28N2O3/c1-14(2)20(24)22-11-9-15(10-12-22)13-25-18-7-3-16(4-8-18)19(23)21-17-5-6-17/h3-4,7-8,14-15,17H,5-6,9-13H2,1-2H3,(H,21,23). The second-order valence-corrected chi connectivity index (χ2v) is 7.51. The summed E-state index contributed by atoms with van der Waals surface area (Å²) in [6, 6.07) is 7.73. The first kappa shape index (κ1) is 17.8. The smallest absolute Gasteiger partial charge is 0.251 e. The molecule has 1 heterocycles. The van der Waals surface area contributed by atoms with Crippen LogP contribution < -0.4 is 10.1 Å². The fourth-order valence-electron chi connectivity index (χ4n) is 3.10. The summed E-state index contributed by atoms with van der Waals surface area (Å²) in [5.41, 5.74) is 0.680. The molecule has 0 atom stereocenters. The number of ether oxygens (including phenoxy) is 1. The Hall–Kier alpha value is -2.04. The Morgan fingerprint density at radius 1 is 1.12 bits per heavy atom. The number of hydrogen-bond acceptors (Lipinski definition) is 3. The van der Waals surface area contributed by atoms with Crippen molar-refractivity contribution in [2.45, 2.75) is 45.6 Å². The molecule has 0 spiro atoms. The van der Waals surface area contributed by atoms with Crippen LogP contribution in [-0.2, 0) is 4.79 Å². The van der Waals surface area contributed by atoms with Gasteiger partial charge in [0.15, 0.2) is 0 Å².